The summed E-state index contributed by atoms with van der Waals surface area (Å²) in [6, 6.07) is -0.302. The minimum Gasteiger partial charge on any atom is -0.396 e. The standard InChI is InChI=1S/C15H28N2O3/c1-3-6-14(19)17-9-5-4-7-13(17)15(20)16-11-12(2)8-10-18/h12-13,18H,3-11H2,1-2H3,(H,16,20). The van der Waals surface area contributed by atoms with Crippen LogP contribution >= 0.6 is 0 Å². The summed E-state index contributed by atoms with van der Waals surface area (Å²) < 4.78 is 0. The third kappa shape index (κ3) is 5.12. The van der Waals surface area contributed by atoms with Gasteiger partial charge < -0.3 is 15.3 Å². The molecular weight excluding hydrogens is 256 g/mol. The van der Waals surface area contributed by atoms with Crippen LogP contribution in [0.2, 0.25) is 0 Å². The Morgan fingerprint density at radius 1 is 1.40 bits per heavy atom. The number of aliphatic hydroxyl groups is 1. The molecule has 0 radical (unpaired) electrons. The maximum Gasteiger partial charge on any atom is 0.242 e. The number of nitrogens with one attached hydrogen (secondary N) is 1. The molecule has 0 aromatic rings. The summed E-state index contributed by atoms with van der Waals surface area (Å²) in [5.41, 5.74) is 0. The Kier molecular flexibility index (Phi) is 7.59. The molecule has 2 unspecified atom stereocenters. The predicted molar refractivity (Wildman–Crippen MR) is 78.1 cm³/mol. The summed E-state index contributed by atoms with van der Waals surface area (Å²) in [7, 11) is 0. The van der Waals surface area contributed by atoms with Gasteiger partial charge in [-0.2, -0.15) is 0 Å². The van der Waals surface area contributed by atoms with Gasteiger partial charge in [0.05, 0.1) is 0 Å². The number of amides is 2. The Bertz CT molecular complexity index is 320. The third-order valence-corrected chi connectivity index (χ3v) is 3.84. The molecule has 5 nitrogen and oxygen atoms in total. The fraction of sp³-hybridized carbons (Fsp3) is 0.867. The van der Waals surface area contributed by atoms with Crippen molar-refractivity contribution in [3.63, 3.8) is 0 Å². The average molecular weight is 284 g/mol. The summed E-state index contributed by atoms with van der Waals surface area (Å²) in [6.07, 6.45) is 4.77. The minimum atomic E-state index is -0.302. The van der Waals surface area contributed by atoms with Crippen LogP contribution in [0.1, 0.15) is 52.4 Å². The monoisotopic (exact) mass is 284 g/mol. The van der Waals surface area contributed by atoms with E-state index in [-0.39, 0.29) is 30.4 Å². The summed E-state index contributed by atoms with van der Waals surface area (Å²) >= 11 is 0. The van der Waals surface area contributed by atoms with Crippen LogP contribution < -0.4 is 5.32 Å². The lowest BCUT2D eigenvalue weighted by Crippen LogP contribution is -2.52. The first-order chi connectivity index (χ1) is 9.60. The SMILES string of the molecule is CCCC(=O)N1CCCCC1C(=O)NCC(C)CCO. The highest BCUT2D eigenvalue weighted by Crippen LogP contribution is 2.18. The van der Waals surface area contributed by atoms with Gasteiger partial charge in [0, 0.05) is 26.1 Å². The van der Waals surface area contributed by atoms with Gasteiger partial charge in [-0.25, -0.2) is 0 Å². The van der Waals surface area contributed by atoms with E-state index in [9.17, 15) is 9.59 Å². The van der Waals surface area contributed by atoms with Gasteiger partial charge >= 0.3 is 0 Å². The van der Waals surface area contributed by atoms with Crippen LogP contribution in [0.5, 0.6) is 0 Å². The van der Waals surface area contributed by atoms with Gasteiger partial charge in [-0.1, -0.05) is 13.8 Å². The van der Waals surface area contributed by atoms with Crippen LogP contribution in [-0.4, -0.2) is 47.6 Å². The van der Waals surface area contributed by atoms with E-state index in [4.69, 9.17) is 5.11 Å². The van der Waals surface area contributed by atoms with E-state index in [0.717, 1.165) is 25.7 Å². The van der Waals surface area contributed by atoms with Crippen molar-refractivity contribution < 1.29 is 14.7 Å². The highest BCUT2D eigenvalue weighted by Gasteiger charge is 2.31. The number of piperidine rings is 1. The summed E-state index contributed by atoms with van der Waals surface area (Å²) in [6.45, 7) is 5.38. The molecule has 1 rings (SSSR count). The van der Waals surface area contributed by atoms with Gasteiger partial charge in [-0.05, 0) is 38.0 Å². The molecular formula is C15H28N2O3. The molecule has 1 saturated heterocycles. The maximum absolute atomic E-state index is 12.3. The average Bonchev–Trinajstić information content (AvgIpc) is 2.45. The Morgan fingerprint density at radius 3 is 2.80 bits per heavy atom. The fourth-order valence-electron chi connectivity index (χ4n) is 2.58. The first kappa shape index (κ1) is 17.0. The van der Waals surface area contributed by atoms with Gasteiger partial charge in [-0.3, -0.25) is 9.59 Å². The smallest absolute Gasteiger partial charge is 0.242 e. The van der Waals surface area contributed by atoms with Crippen molar-refractivity contribution in [2.45, 2.75) is 58.4 Å². The second-order valence-electron chi connectivity index (χ2n) is 5.71. The molecule has 0 aromatic heterocycles. The van der Waals surface area contributed by atoms with Crippen LogP contribution in [0.3, 0.4) is 0 Å². The molecule has 0 aromatic carbocycles. The molecule has 0 spiro atoms. The fourth-order valence-corrected chi connectivity index (χ4v) is 2.58. The molecule has 2 atom stereocenters. The molecule has 1 aliphatic heterocycles. The summed E-state index contributed by atoms with van der Waals surface area (Å²) in [5.74, 6) is 0.307. The van der Waals surface area contributed by atoms with E-state index >= 15 is 0 Å². The number of rotatable bonds is 7. The van der Waals surface area contributed by atoms with Gasteiger partial charge in [0.1, 0.15) is 6.04 Å². The maximum atomic E-state index is 12.3. The zero-order valence-electron chi connectivity index (χ0n) is 12.7. The predicted octanol–water partition coefficient (Wildman–Crippen LogP) is 1.30. The van der Waals surface area contributed by atoms with Crippen molar-refractivity contribution in [3.8, 4) is 0 Å². The van der Waals surface area contributed by atoms with Crippen LogP contribution in [0.15, 0.2) is 0 Å². The Labute approximate surface area is 121 Å². The number of aliphatic hydroxyl groups excluding tert-OH is 1. The molecule has 20 heavy (non-hydrogen) atoms. The lowest BCUT2D eigenvalue weighted by atomic mass is 10.00. The van der Waals surface area contributed by atoms with Crippen molar-refractivity contribution in [1.82, 2.24) is 10.2 Å². The molecule has 0 aliphatic carbocycles. The zero-order chi connectivity index (χ0) is 15.0. The van der Waals surface area contributed by atoms with Crippen molar-refractivity contribution in [2.24, 2.45) is 5.92 Å². The van der Waals surface area contributed by atoms with Crippen LogP contribution in [-0.2, 0) is 9.59 Å². The third-order valence-electron chi connectivity index (χ3n) is 3.84. The molecule has 1 fully saturated rings. The number of nitrogens with zero attached hydrogens (tertiary/aromatic N) is 1. The Balaban J connectivity index is 2.51. The van der Waals surface area contributed by atoms with Crippen LogP contribution in [0.4, 0.5) is 0 Å². The van der Waals surface area contributed by atoms with E-state index in [2.05, 4.69) is 5.32 Å². The lowest BCUT2D eigenvalue weighted by Gasteiger charge is -2.35. The van der Waals surface area contributed by atoms with E-state index in [0.29, 0.717) is 25.9 Å². The van der Waals surface area contributed by atoms with Gasteiger partial charge in [0.15, 0.2) is 0 Å². The van der Waals surface area contributed by atoms with Crippen molar-refractivity contribution in [3.05, 3.63) is 0 Å². The van der Waals surface area contributed by atoms with Crippen molar-refractivity contribution in [1.29, 1.82) is 0 Å². The molecule has 0 bridgehead atoms. The molecule has 116 valence electrons. The van der Waals surface area contributed by atoms with Crippen LogP contribution in [0.25, 0.3) is 0 Å². The molecule has 2 N–H and O–H groups in total. The lowest BCUT2D eigenvalue weighted by molar-refractivity contribution is -0.142. The minimum absolute atomic E-state index is 0.0426. The normalized spacial score (nSPS) is 20.6. The molecule has 1 aliphatic rings. The number of carbonyl (C=O) groups excluding carboxylic acids is 2. The largest absolute Gasteiger partial charge is 0.396 e. The van der Waals surface area contributed by atoms with Gasteiger partial charge in [0.2, 0.25) is 11.8 Å². The molecule has 1 heterocycles. The summed E-state index contributed by atoms with van der Waals surface area (Å²) in [4.78, 5) is 26.1. The number of likely N-dealkylation sites (tertiary alicyclic amines) is 1. The topological polar surface area (TPSA) is 69.6 Å². The Hall–Kier alpha value is -1.10. The number of hydrogen-bond acceptors (Lipinski definition) is 3. The van der Waals surface area contributed by atoms with Crippen LogP contribution in [0, 0.1) is 5.92 Å². The second-order valence-corrected chi connectivity index (χ2v) is 5.71. The number of hydrogen-bond donors (Lipinski definition) is 2. The number of carbonyl (C=O) groups is 2. The molecule has 5 heteroatoms. The quantitative estimate of drug-likeness (QED) is 0.740. The molecule has 0 saturated carbocycles. The van der Waals surface area contributed by atoms with Gasteiger partial charge in [-0.15, -0.1) is 0 Å². The van der Waals surface area contributed by atoms with E-state index < -0.39 is 0 Å². The second kappa shape index (κ2) is 8.95. The Morgan fingerprint density at radius 2 is 2.15 bits per heavy atom. The first-order valence-corrected chi connectivity index (χ1v) is 7.78. The highest BCUT2D eigenvalue weighted by molar-refractivity contribution is 5.87. The highest BCUT2D eigenvalue weighted by atomic mass is 16.3. The summed E-state index contributed by atoms with van der Waals surface area (Å²) in [5, 5.41) is 11.8. The van der Waals surface area contributed by atoms with E-state index in [1.807, 2.05) is 13.8 Å². The zero-order valence-corrected chi connectivity index (χ0v) is 12.7. The van der Waals surface area contributed by atoms with Gasteiger partial charge in [0.25, 0.3) is 0 Å². The van der Waals surface area contributed by atoms with Crippen molar-refractivity contribution >= 4 is 11.8 Å². The van der Waals surface area contributed by atoms with Crippen molar-refractivity contribution in [2.75, 3.05) is 19.7 Å². The van der Waals surface area contributed by atoms with E-state index in [1.165, 1.54) is 0 Å². The first-order valence-electron chi connectivity index (χ1n) is 7.78. The van der Waals surface area contributed by atoms with E-state index in [1.54, 1.807) is 4.90 Å². The molecule has 2 amide bonds.